The molecule has 0 saturated carbocycles. The molecule has 0 aliphatic carbocycles. The van der Waals surface area contributed by atoms with Crippen molar-refractivity contribution in [2.24, 2.45) is 0 Å². The van der Waals surface area contributed by atoms with E-state index >= 15 is 0 Å². The van der Waals surface area contributed by atoms with Crippen molar-refractivity contribution < 1.29 is 4.89 Å². The number of benzene rings is 2. The topological polar surface area (TPSA) is 20.2 Å². The predicted molar refractivity (Wildman–Crippen MR) is 68.8 cm³/mol. The van der Waals surface area contributed by atoms with Crippen LogP contribution in [-0.4, -0.2) is 4.89 Å². The average Bonchev–Trinajstić information content (AvgIpc) is 3.03. The van der Waals surface area contributed by atoms with Crippen molar-refractivity contribution >= 4 is 18.8 Å². The average molecular weight is 226 g/mol. The molecule has 2 aromatic carbocycles. The van der Waals surface area contributed by atoms with Gasteiger partial charge in [0.05, 0.1) is 8.15 Å². The van der Waals surface area contributed by atoms with Gasteiger partial charge in [0.15, 0.2) is 0 Å². The van der Waals surface area contributed by atoms with Crippen molar-refractivity contribution in [2.75, 3.05) is 0 Å². The Kier molecular flexibility index (Phi) is 2.36. The summed E-state index contributed by atoms with van der Waals surface area (Å²) >= 11 is 0. The molecule has 1 heterocycles. The molecule has 1 aliphatic heterocycles. The van der Waals surface area contributed by atoms with Crippen molar-refractivity contribution in [3.05, 3.63) is 71.8 Å². The van der Waals surface area contributed by atoms with Gasteiger partial charge in [-0.15, -0.1) is 0 Å². The zero-order valence-corrected chi connectivity index (χ0v) is 9.56. The maximum Gasteiger partial charge on any atom is 0.0904 e. The van der Waals surface area contributed by atoms with Gasteiger partial charge in [-0.2, -0.15) is 0 Å². The molecule has 1 nitrogen and oxygen atoms in total. The lowest BCUT2D eigenvalue weighted by Gasteiger charge is -1.91. The quantitative estimate of drug-likeness (QED) is 0.769. The van der Waals surface area contributed by atoms with Crippen LogP contribution in [0.15, 0.2) is 60.7 Å². The van der Waals surface area contributed by atoms with E-state index in [1.807, 2.05) is 36.4 Å². The minimum absolute atomic E-state index is 1.02. The van der Waals surface area contributed by atoms with E-state index in [4.69, 9.17) is 0 Å². The molecule has 78 valence electrons. The molecule has 2 aromatic rings. The summed E-state index contributed by atoms with van der Waals surface area (Å²) in [5.41, 5.74) is 2.30. The molecule has 16 heavy (non-hydrogen) atoms. The van der Waals surface area contributed by atoms with Crippen LogP contribution in [0.4, 0.5) is 0 Å². The molecule has 0 saturated heterocycles. The molecular formula is C14H11OP. The van der Waals surface area contributed by atoms with Crippen LogP contribution in [0.2, 0.25) is 0 Å². The Morgan fingerprint density at radius 1 is 0.625 bits per heavy atom. The van der Waals surface area contributed by atoms with E-state index in [1.165, 1.54) is 0 Å². The highest BCUT2D eigenvalue weighted by molar-refractivity contribution is 7.84. The molecule has 0 fully saturated rings. The van der Waals surface area contributed by atoms with Crippen LogP contribution >= 0.6 is 8.15 Å². The summed E-state index contributed by atoms with van der Waals surface area (Å²) in [4.78, 5) is 9.98. The maximum atomic E-state index is 9.98. The van der Waals surface area contributed by atoms with E-state index in [1.54, 1.807) is 0 Å². The van der Waals surface area contributed by atoms with Crippen LogP contribution in [-0.2, 0) is 0 Å². The number of rotatable bonds is 2. The van der Waals surface area contributed by atoms with Crippen LogP contribution in [0.25, 0.3) is 10.6 Å². The van der Waals surface area contributed by atoms with Gasteiger partial charge in [-0.3, -0.25) is 0 Å². The first-order valence-electron chi connectivity index (χ1n) is 5.22. The van der Waals surface area contributed by atoms with Crippen molar-refractivity contribution in [3.63, 3.8) is 0 Å². The lowest BCUT2D eigenvalue weighted by Crippen LogP contribution is -1.70. The van der Waals surface area contributed by atoms with Crippen LogP contribution in [0.3, 0.4) is 0 Å². The highest BCUT2D eigenvalue weighted by Crippen LogP contribution is 2.75. The Hall–Kier alpha value is -1.43. The molecule has 1 aliphatic rings. The van der Waals surface area contributed by atoms with Crippen molar-refractivity contribution in [1.82, 2.24) is 0 Å². The van der Waals surface area contributed by atoms with Gasteiger partial charge in [-0.05, 0) is 11.1 Å². The lowest BCUT2D eigenvalue weighted by molar-refractivity contribution is 0.650. The molecule has 0 bridgehead atoms. The predicted octanol–water partition coefficient (Wildman–Crippen LogP) is 3.92. The number of hydrogen-bond donors (Lipinski definition) is 1. The van der Waals surface area contributed by atoms with Crippen LogP contribution in [0.5, 0.6) is 0 Å². The third kappa shape index (κ3) is 1.59. The smallest absolute Gasteiger partial charge is 0.0904 e. The molecule has 1 N–H and O–H groups in total. The molecule has 0 spiro atoms. The van der Waals surface area contributed by atoms with Gasteiger partial charge in [0, 0.05) is 10.6 Å². The first kappa shape index (κ1) is 9.77. The van der Waals surface area contributed by atoms with E-state index in [2.05, 4.69) is 24.3 Å². The van der Waals surface area contributed by atoms with E-state index < -0.39 is 8.15 Å². The molecule has 2 heteroatoms. The second kappa shape index (κ2) is 3.86. The Balaban J connectivity index is 2.02. The second-order valence-corrected chi connectivity index (χ2v) is 5.26. The third-order valence-electron chi connectivity index (χ3n) is 2.69. The zero-order valence-electron chi connectivity index (χ0n) is 8.67. The molecule has 0 atom stereocenters. The molecule has 0 radical (unpaired) electrons. The van der Waals surface area contributed by atoms with Crippen LogP contribution < -0.4 is 0 Å². The normalized spacial score (nSPS) is 15.3. The Bertz CT molecular complexity index is 482. The van der Waals surface area contributed by atoms with Crippen molar-refractivity contribution in [2.45, 2.75) is 0 Å². The summed E-state index contributed by atoms with van der Waals surface area (Å²) in [6.07, 6.45) is 0. The lowest BCUT2D eigenvalue weighted by atomic mass is 10.1. The van der Waals surface area contributed by atoms with Gasteiger partial charge in [-0.25, -0.2) is 0 Å². The summed E-state index contributed by atoms with van der Waals surface area (Å²) < 4.78 is 0. The highest BCUT2D eigenvalue weighted by Gasteiger charge is 2.37. The molecule has 0 amide bonds. The largest absolute Gasteiger partial charge is 0.364 e. The Morgan fingerprint density at radius 3 is 1.38 bits per heavy atom. The summed E-state index contributed by atoms with van der Waals surface area (Å²) in [6, 6.07) is 20.2. The highest BCUT2D eigenvalue weighted by atomic mass is 31.1. The Labute approximate surface area is 95.9 Å². The summed E-state index contributed by atoms with van der Waals surface area (Å²) in [5.74, 6) is 0. The molecule has 0 aromatic heterocycles. The SMILES string of the molecule is OP1C(c2ccccc2)=C1c1ccccc1. The van der Waals surface area contributed by atoms with Gasteiger partial charge >= 0.3 is 0 Å². The minimum atomic E-state index is -1.02. The first-order valence-corrected chi connectivity index (χ1v) is 6.51. The van der Waals surface area contributed by atoms with Gasteiger partial charge in [0.25, 0.3) is 0 Å². The van der Waals surface area contributed by atoms with Crippen molar-refractivity contribution in [3.8, 4) is 0 Å². The fourth-order valence-electron chi connectivity index (χ4n) is 1.87. The summed E-state index contributed by atoms with van der Waals surface area (Å²) in [5, 5.41) is 2.25. The van der Waals surface area contributed by atoms with E-state index in [-0.39, 0.29) is 0 Å². The Morgan fingerprint density at radius 2 is 1.00 bits per heavy atom. The van der Waals surface area contributed by atoms with Gasteiger partial charge in [-0.1, -0.05) is 60.7 Å². The fourth-order valence-corrected chi connectivity index (χ4v) is 3.36. The standard InChI is InChI=1S/C14H11OP/c15-16-13(11-7-3-1-4-8-11)14(16)12-9-5-2-6-10-12/h1-10,15H. The van der Waals surface area contributed by atoms with Crippen LogP contribution in [0, 0.1) is 0 Å². The van der Waals surface area contributed by atoms with Gasteiger partial charge in [0.1, 0.15) is 0 Å². The minimum Gasteiger partial charge on any atom is -0.364 e. The summed E-state index contributed by atoms with van der Waals surface area (Å²) in [7, 11) is -1.02. The van der Waals surface area contributed by atoms with Gasteiger partial charge < -0.3 is 4.89 Å². The zero-order chi connectivity index (χ0) is 11.0. The fraction of sp³-hybridized carbons (Fsp3) is 0. The van der Waals surface area contributed by atoms with Gasteiger partial charge in [0.2, 0.25) is 0 Å². The van der Waals surface area contributed by atoms with Crippen molar-refractivity contribution in [1.29, 1.82) is 0 Å². The van der Waals surface area contributed by atoms with E-state index in [9.17, 15) is 4.89 Å². The maximum absolute atomic E-state index is 9.98. The van der Waals surface area contributed by atoms with Crippen LogP contribution in [0.1, 0.15) is 11.1 Å². The molecule has 3 rings (SSSR count). The van der Waals surface area contributed by atoms with E-state index in [0.29, 0.717) is 0 Å². The molecule has 0 unspecified atom stereocenters. The van der Waals surface area contributed by atoms with E-state index in [0.717, 1.165) is 21.8 Å². The first-order chi connectivity index (χ1) is 7.88. The molecular weight excluding hydrogens is 215 g/mol. The summed E-state index contributed by atoms with van der Waals surface area (Å²) in [6.45, 7) is 0. The monoisotopic (exact) mass is 226 g/mol. The third-order valence-corrected chi connectivity index (χ3v) is 4.28. The number of hydrogen-bond acceptors (Lipinski definition) is 1. The second-order valence-electron chi connectivity index (χ2n) is 3.74.